The second-order valence-corrected chi connectivity index (χ2v) is 6.72. The maximum atomic E-state index is 11.0. The van der Waals surface area contributed by atoms with Gasteiger partial charge in [0.05, 0.1) is 0 Å². The van der Waals surface area contributed by atoms with Crippen LogP contribution in [0.5, 0.6) is 11.5 Å². The van der Waals surface area contributed by atoms with Gasteiger partial charge in [0.2, 0.25) is 0 Å². The SMILES string of the molecule is O=S(=O)(O)c1cc2cc(S(=O)(=O)O)c(O)cc2cc1O. The molecule has 0 aliphatic rings. The van der Waals surface area contributed by atoms with Gasteiger partial charge in [0.15, 0.2) is 0 Å². The van der Waals surface area contributed by atoms with Gasteiger partial charge >= 0.3 is 0 Å². The molecule has 108 valence electrons. The van der Waals surface area contributed by atoms with Gasteiger partial charge < -0.3 is 10.2 Å². The largest absolute Gasteiger partial charge is 0.506 e. The first-order valence-corrected chi connectivity index (χ1v) is 7.83. The Balaban J connectivity index is 2.91. The lowest BCUT2D eigenvalue weighted by atomic mass is 10.1. The molecular formula is C10H8O8S2. The molecule has 0 radical (unpaired) electrons. The Kier molecular flexibility index (Phi) is 3.13. The van der Waals surface area contributed by atoms with Crippen LogP contribution in [0.4, 0.5) is 0 Å². The molecule has 0 bridgehead atoms. The first-order chi connectivity index (χ1) is 9.00. The Bertz CT molecular complexity index is 839. The number of phenols is 2. The molecule has 2 rings (SSSR count). The van der Waals surface area contributed by atoms with Crippen LogP contribution in [0.15, 0.2) is 34.1 Å². The minimum atomic E-state index is -4.71. The molecule has 0 fully saturated rings. The second kappa shape index (κ2) is 4.31. The molecule has 0 unspecified atom stereocenters. The minimum absolute atomic E-state index is 0.0270. The molecule has 2 aromatic carbocycles. The molecule has 10 heteroatoms. The van der Waals surface area contributed by atoms with Gasteiger partial charge in [-0.25, -0.2) is 0 Å². The second-order valence-electron chi connectivity index (χ2n) is 3.94. The van der Waals surface area contributed by atoms with Crippen LogP contribution < -0.4 is 0 Å². The van der Waals surface area contributed by atoms with Gasteiger partial charge in [-0.3, -0.25) is 9.11 Å². The molecule has 8 nitrogen and oxygen atoms in total. The quantitative estimate of drug-likeness (QED) is 0.592. The Labute approximate surface area is 113 Å². The number of aromatic hydroxyl groups is 2. The number of fused-ring (bicyclic) bond motifs is 1. The van der Waals surface area contributed by atoms with Crippen LogP contribution in [0.25, 0.3) is 10.8 Å². The summed E-state index contributed by atoms with van der Waals surface area (Å²) in [6.07, 6.45) is 0. The molecule has 0 aliphatic heterocycles. The van der Waals surface area contributed by atoms with E-state index < -0.39 is 41.5 Å². The van der Waals surface area contributed by atoms with E-state index in [-0.39, 0.29) is 10.8 Å². The molecule has 0 heterocycles. The molecule has 0 saturated carbocycles. The molecule has 0 aliphatic carbocycles. The third kappa shape index (κ3) is 2.54. The van der Waals surface area contributed by atoms with Gasteiger partial charge in [-0.1, -0.05) is 0 Å². The number of rotatable bonds is 2. The van der Waals surface area contributed by atoms with E-state index in [1.165, 1.54) is 0 Å². The lowest BCUT2D eigenvalue weighted by Gasteiger charge is -2.07. The molecule has 0 amide bonds. The van der Waals surface area contributed by atoms with Crippen molar-refractivity contribution >= 4 is 31.0 Å². The van der Waals surface area contributed by atoms with Gasteiger partial charge in [0.1, 0.15) is 21.3 Å². The first-order valence-electron chi connectivity index (χ1n) is 4.95. The fourth-order valence-corrected chi connectivity index (χ4v) is 2.90. The summed E-state index contributed by atoms with van der Waals surface area (Å²) in [4.78, 5) is -1.64. The molecule has 4 N–H and O–H groups in total. The van der Waals surface area contributed by atoms with Crippen LogP contribution in [-0.4, -0.2) is 36.2 Å². The summed E-state index contributed by atoms with van der Waals surface area (Å²) >= 11 is 0. The fraction of sp³-hybridized carbons (Fsp3) is 0. The summed E-state index contributed by atoms with van der Waals surface area (Å²) in [5.41, 5.74) is 0. The molecule has 2 aromatic rings. The third-order valence-corrected chi connectivity index (χ3v) is 4.32. The smallest absolute Gasteiger partial charge is 0.298 e. The lowest BCUT2D eigenvalue weighted by molar-refractivity contribution is 0.444. The van der Waals surface area contributed by atoms with Crippen molar-refractivity contribution in [2.24, 2.45) is 0 Å². The van der Waals surface area contributed by atoms with E-state index >= 15 is 0 Å². The Morgan fingerprint density at radius 1 is 0.650 bits per heavy atom. The van der Waals surface area contributed by atoms with Crippen molar-refractivity contribution in [3.63, 3.8) is 0 Å². The van der Waals surface area contributed by atoms with E-state index in [0.717, 1.165) is 24.3 Å². The van der Waals surface area contributed by atoms with Crippen LogP contribution in [0.2, 0.25) is 0 Å². The summed E-state index contributed by atoms with van der Waals surface area (Å²) < 4.78 is 61.9. The predicted octanol–water partition coefficient (Wildman–Crippen LogP) is 0.744. The van der Waals surface area contributed by atoms with Gasteiger partial charge in [-0.15, -0.1) is 0 Å². The number of phenolic OH excluding ortho intramolecular Hbond substituents is 2. The number of hydrogen-bond acceptors (Lipinski definition) is 6. The minimum Gasteiger partial charge on any atom is -0.506 e. The zero-order valence-corrected chi connectivity index (χ0v) is 11.2. The molecule has 0 spiro atoms. The number of benzene rings is 2. The standard InChI is InChI=1S/C10H8O8S2/c11-7-1-5-2-8(12)10(20(16,17)18)4-6(5)3-9(7)19(13,14)15/h1-4,11-12H,(H,13,14,15)(H,16,17,18). The summed E-state index contributed by atoms with van der Waals surface area (Å²) in [6.45, 7) is 0. The molecule has 0 aromatic heterocycles. The van der Waals surface area contributed by atoms with Crippen molar-refractivity contribution in [3.05, 3.63) is 24.3 Å². The van der Waals surface area contributed by atoms with Crippen molar-refractivity contribution in [1.82, 2.24) is 0 Å². The zero-order chi connectivity index (χ0) is 15.3. The third-order valence-electron chi connectivity index (χ3n) is 2.55. The van der Waals surface area contributed by atoms with E-state index in [9.17, 15) is 27.0 Å². The Morgan fingerprint density at radius 2 is 0.950 bits per heavy atom. The lowest BCUT2D eigenvalue weighted by Crippen LogP contribution is -2.00. The molecular weight excluding hydrogens is 312 g/mol. The van der Waals surface area contributed by atoms with E-state index in [2.05, 4.69) is 0 Å². The molecule has 0 atom stereocenters. The highest BCUT2D eigenvalue weighted by atomic mass is 32.2. The van der Waals surface area contributed by atoms with Crippen molar-refractivity contribution in [2.75, 3.05) is 0 Å². The topological polar surface area (TPSA) is 149 Å². The van der Waals surface area contributed by atoms with Crippen molar-refractivity contribution in [2.45, 2.75) is 9.79 Å². The van der Waals surface area contributed by atoms with Crippen LogP contribution in [0.3, 0.4) is 0 Å². The van der Waals surface area contributed by atoms with Crippen LogP contribution in [-0.2, 0) is 20.2 Å². The first kappa shape index (κ1) is 14.5. The Hall–Kier alpha value is -1.88. The maximum absolute atomic E-state index is 11.0. The number of hydrogen-bond donors (Lipinski definition) is 4. The van der Waals surface area contributed by atoms with E-state index in [0.29, 0.717) is 0 Å². The molecule has 0 saturated heterocycles. The van der Waals surface area contributed by atoms with Gasteiger partial charge in [0, 0.05) is 0 Å². The average molecular weight is 320 g/mol. The van der Waals surface area contributed by atoms with Crippen LogP contribution in [0.1, 0.15) is 0 Å². The highest BCUT2D eigenvalue weighted by Crippen LogP contribution is 2.33. The van der Waals surface area contributed by atoms with Crippen LogP contribution >= 0.6 is 0 Å². The van der Waals surface area contributed by atoms with Crippen LogP contribution in [0, 0.1) is 0 Å². The maximum Gasteiger partial charge on any atom is 0.298 e. The van der Waals surface area contributed by atoms with Gasteiger partial charge in [-0.2, -0.15) is 16.8 Å². The summed E-state index contributed by atoms with van der Waals surface area (Å²) in [6, 6.07) is 3.47. The monoisotopic (exact) mass is 320 g/mol. The summed E-state index contributed by atoms with van der Waals surface area (Å²) in [7, 11) is -9.42. The zero-order valence-electron chi connectivity index (χ0n) is 9.55. The highest BCUT2D eigenvalue weighted by Gasteiger charge is 2.20. The van der Waals surface area contributed by atoms with Crippen molar-refractivity contribution in [3.8, 4) is 11.5 Å². The van der Waals surface area contributed by atoms with E-state index in [1.807, 2.05) is 0 Å². The normalized spacial score (nSPS) is 12.7. The van der Waals surface area contributed by atoms with Gasteiger partial charge in [-0.05, 0) is 35.0 Å². The summed E-state index contributed by atoms with van der Waals surface area (Å²) in [5, 5.41) is 19.0. The Morgan fingerprint density at radius 3 is 1.25 bits per heavy atom. The highest BCUT2D eigenvalue weighted by molar-refractivity contribution is 7.86. The van der Waals surface area contributed by atoms with Crippen molar-refractivity contribution < 1.29 is 36.2 Å². The summed E-state index contributed by atoms with van der Waals surface area (Å²) in [5.74, 6) is -1.53. The van der Waals surface area contributed by atoms with Crippen molar-refractivity contribution in [1.29, 1.82) is 0 Å². The van der Waals surface area contributed by atoms with E-state index in [4.69, 9.17) is 9.11 Å². The predicted molar refractivity (Wildman–Crippen MR) is 66.9 cm³/mol. The fourth-order valence-electron chi connectivity index (χ4n) is 1.70. The molecule has 20 heavy (non-hydrogen) atoms. The van der Waals surface area contributed by atoms with Gasteiger partial charge in [0.25, 0.3) is 20.2 Å². The van der Waals surface area contributed by atoms with E-state index in [1.54, 1.807) is 0 Å². The average Bonchev–Trinajstić information content (AvgIpc) is 2.24.